The molecule has 5 aliphatic rings. The third-order valence-corrected chi connectivity index (χ3v) is 16.7. The molecule has 0 aromatic heterocycles. The highest BCUT2D eigenvalue weighted by Crippen LogP contribution is 2.40. The predicted octanol–water partition coefficient (Wildman–Crippen LogP) is 6.92. The Hall–Kier alpha value is -5.24. The standard InChI is InChI=1S/C60H88FN5O12/c1-11-42-29-39(7)60(64-54(42)70)27-24-38(6)51(77-60)34-49(69)36(4)19-14-12-15-20-37(5)50-23-17-13-16-22-48(68)40(8)53-45(25-26-59(9,75-10)78-53)55(71)63-52(35(2)3)56(72)62-47(32-41-30-43(61)33-44(67)31-41)57(73)66-28-18-21-46(65-66)58(74)76-50/h12-13,15-17,20,22,24,27,30-31,33,35-36,38-40,42,45-53,65,67-69H,11,14,18-19,21,23,25-26,28-29,32,34H2,1-10H3,(H,62,72)(H,63,71)(H,64,70)/b15-12+,17-13+,22-16+,37-20+/t36-,38+,39-,40-,42-,45+,46?,47-,48-,49-,50-,51-,52-,53+,59?,60-/m0/s1. The maximum Gasteiger partial charge on any atom is 0.325 e. The van der Waals surface area contributed by atoms with Gasteiger partial charge in [0.05, 0.1) is 30.3 Å². The van der Waals surface area contributed by atoms with Crippen LogP contribution in [0.15, 0.2) is 78.5 Å². The van der Waals surface area contributed by atoms with Crippen LogP contribution in [0.5, 0.6) is 5.75 Å². The maximum absolute atomic E-state index is 14.6. The fourth-order valence-corrected chi connectivity index (χ4v) is 11.2. The summed E-state index contributed by atoms with van der Waals surface area (Å²) in [6.45, 7) is 17.3. The first-order chi connectivity index (χ1) is 37.0. The zero-order valence-corrected chi connectivity index (χ0v) is 47.4. The number of esters is 1. The lowest BCUT2D eigenvalue weighted by atomic mass is 9.78. The molecule has 3 saturated heterocycles. The first kappa shape index (κ1) is 62.0. The van der Waals surface area contributed by atoms with E-state index in [9.17, 15) is 43.7 Å². The number of carbonyl (C=O) groups is 5. The molecule has 432 valence electrons. The Morgan fingerprint density at radius 2 is 1.76 bits per heavy atom. The molecular formula is C60H88FN5O12. The van der Waals surface area contributed by atoms with Crippen LogP contribution in [0, 0.1) is 47.2 Å². The summed E-state index contributed by atoms with van der Waals surface area (Å²) in [7, 11) is 1.51. The molecule has 0 aliphatic carbocycles. The number of methoxy groups -OCH3 is 1. The number of aliphatic hydroxyl groups excluding tert-OH is 2. The van der Waals surface area contributed by atoms with Gasteiger partial charge >= 0.3 is 5.97 Å². The number of hydrogen-bond acceptors (Lipinski definition) is 13. The quantitative estimate of drug-likeness (QED) is 0.0605. The number of hydrogen-bond donors (Lipinski definition) is 7. The number of nitrogens with one attached hydrogen (secondary N) is 4. The zero-order chi connectivity index (χ0) is 57.1. The number of allylic oxidation sites excluding steroid dienone is 5. The van der Waals surface area contributed by atoms with E-state index < -0.39 is 101 Å². The Balaban J connectivity index is 1.20. The third kappa shape index (κ3) is 16.0. The maximum atomic E-state index is 14.6. The van der Waals surface area contributed by atoms with E-state index in [0.29, 0.717) is 44.9 Å². The summed E-state index contributed by atoms with van der Waals surface area (Å²) < 4.78 is 39.6. The van der Waals surface area contributed by atoms with E-state index in [0.717, 1.165) is 30.5 Å². The van der Waals surface area contributed by atoms with E-state index in [2.05, 4.69) is 41.3 Å². The van der Waals surface area contributed by atoms with Crippen molar-refractivity contribution < 1.29 is 62.6 Å². The number of hydrazine groups is 1. The van der Waals surface area contributed by atoms with Crippen molar-refractivity contribution in [3.05, 3.63) is 89.8 Å². The first-order valence-electron chi connectivity index (χ1n) is 28.3. The van der Waals surface area contributed by atoms with Crippen molar-refractivity contribution in [1.29, 1.82) is 0 Å². The van der Waals surface area contributed by atoms with Gasteiger partial charge in [-0.1, -0.05) is 97.1 Å². The van der Waals surface area contributed by atoms with Crippen LogP contribution < -0.4 is 21.4 Å². The molecule has 0 radical (unpaired) electrons. The van der Waals surface area contributed by atoms with Crippen molar-refractivity contribution in [3.63, 3.8) is 0 Å². The Morgan fingerprint density at radius 3 is 2.46 bits per heavy atom. The van der Waals surface area contributed by atoms with Gasteiger partial charge in [0.2, 0.25) is 17.7 Å². The van der Waals surface area contributed by atoms with Gasteiger partial charge in [-0.15, -0.1) is 0 Å². The number of piperidine rings is 1. The summed E-state index contributed by atoms with van der Waals surface area (Å²) >= 11 is 0. The lowest BCUT2D eigenvalue weighted by molar-refractivity contribution is -0.280. The molecule has 18 heteroatoms. The van der Waals surface area contributed by atoms with Gasteiger partial charge in [-0.05, 0) is 100.0 Å². The van der Waals surface area contributed by atoms with Crippen molar-refractivity contribution in [2.75, 3.05) is 13.7 Å². The molecule has 5 aliphatic heterocycles. The van der Waals surface area contributed by atoms with E-state index in [4.69, 9.17) is 18.9 Å². The Labute approximate surface area is 460 Å². The van der Waals surface area contributed by atoms with E-state index in [1.807, 2.05) is 51.2 Å². The van der Waals surface area contributed by atoms with E-state index in [1.54, 1.807) is 45.9 Å². The molecule has 1 aromatic carbocycles. The second-order valence-electron chi connectivity index (χ2n) is 23.1. The molecule has 17 nitrogen and oxygen atoms in total. The normalized spacial score (nSPS) is 35.6. The van der Waals surface area contributed by atoms with Crippen molar-refractivity contribution in [2.45, 2.75) is 193 Å². The van der Waals surface area contributed by atoms with Crippen LogP contribution in [0.4, 0.5) is 4.39 Å². The molecule has 0 saturated carbocycles. The molecule has 3 fully saturated rings. The van der Waals surface area contributed by atoms with Gasteiger partial charge in [0.25, 0.3) is 5.91 Å². The van der Waals surface area contributed by atoms with Crippen molar-refractivity contribution in [3.8, 4) is 5.75 Å². The molecule has 7 N–H and O–H groups in total. The summed E-state index contributed by atoms with van der Waals surface area (Å²) in [6, 6.07) is -0.0495. The van der Waals surface area contributed by atoms with Gasteiger partial charge < -0.3 is 50.2 Å². The number of carbonyl (C=O) groups excluding carboxylic acids is 5. The third-order valence-electron chi connectivity index (χ3n) is 16.7. The number of rotatable bonds is 13. The number of halogens is 1. The number of phenolic OH excluding ortho intramolecular Hbond substituents is 1. The number of benzene rings is 1. The zero-order valence-electron chi connectivity index (χ0n) is 47.4. The lowest BCUT2D eigenvalue weighted by Crippen LogP contribution is -2.62. The fraction of sp³-hybridized carbons (Fsp3) is 0.650. The minimum atomic E-state index is -1.34. The molecule has 1 spiro atoms. The fourth-order valence-electron chi connectivity index (χ4n) is 11.2. The van der Waals surface area contributed by atoms with Crippen LogP contribution in [-0.4, -0.2) is 124 Å². The molecule has 1 aromatic rings. The highest BCUT2D eigenvalue weighted by atomic mass is 19.1. The molecule has 2 unspecified atom stereocenters. The van der Waals surface area contributed by atoms with Crippen LogP contribution in [0.1, 0.15) is 132 Å². The summed E-state index contributed by atoms with van der Waals surface area (Å²) in [6.07, 6.45) is 17.8. The number of amides is 4. The Bertz CT molecular complexity index is 2390. The van der Waals surface area contributed by atoms with Gasteiger partial charge in [-0.25, -0.2) is 9.82 Å². The average molecular weight is 1090 g/mol. The molecule has 16 atom stereocenters. The largest absolute Gasteiger partial charge is 0.508 e. The van der Waals surface area contributed by atoms with Gasteiger partial charge in [0.1, 0.15) is 35.8 Å². The SMILES string of the molecule is CC[C@H]1C[C@H](C)[C@@]2(C=C[C@@H](C)[C@H](C[C@H](O)[C@@H](C)CC/C=C/C=C(\C)[C@@H]3C/C=C/C=C/[C@H](O)[C@H](C)[C@H]4OC(C)(OC)CC[C@H]4C(=O)N[C@@H](C(C)C)C(=O)N[C@@H](Cc4cc(O)cc(F)c4)C(=O)N4CCCC(N4)C(=O)O3)O2)NC1=O. The van der Waals surface area contributed by atoms with E-state index >= 15 is 0 Å². The molecule has 5 heterocycles. The number of nitrogens with zero attached hydrogens (tertiary/aromatic N) is 1. The van der Waals surface area contributed by atoms with Crippen LogP contribution in [-0.2, 0) is 49.3 Å². The Morgan fingerprint density at radius 1 is 1.00 bits per heavy atom. The lowest BCUT2D eigenvalue weighted by Gasteiger charge is -2.48. The van der Waals surface area contributed by atoms with Gasteiger partial charge in [-0.3, -0.25) is 29.0 Å². The van der Waals surface area contributed by atoms with Crippen molar-refractivity contribution in [1.82, 2.24) is 26.4 Å². The van der Waals surface area contributed by atoms with Crippen LogP contribution >= 0.6 is 0 Å². The Kier molecular flexibility index (Phi) is 22.1. The molecular weight excluding hydrogens is 1000 g/mol. The monoisotopic (exact) mass is 1090 g/mol. The number of aromatic hydroxyl groups is 1. The predicted molar refractivity (Wildman–Crippen MR) is 293 cm³/mol. The van der Waals surface area contributed by atoms with Crippen LogP contribution in [0.2, 0.25) is 0 Å². The number of cyclic esters (lactones) is 1. The van der Waals surface area contributed by atoms with Crippen LogP contribution in [0.3, 0.4) is 0 Å². The van der Waals surface area contributed by atoms with Gasteiger partial charge in [-0.2, -0.15) is 0 Å². The first-order valence-corrected chi connectivity index (χ1v) is 28.3. The number of fused-ring (bicyclic) bond motifs is 3. The summed E-state index contributed by atoms with van der Waals surface area (Å²) in [5.41, 5.74) is 3.10. The number of ether oxygens (including phenoxy) is 4. The van der Waals surface area contributed by atoms with E-state index in [-0.39, 0.29) is 66.4 Å². The second-order valence-corrected chi connectivity index (χ2v) is 23.1. The van der Waals surface area contributed by atoms with Gasteiger partial charge in [0.15, 0.2) is 11.5 Å². The number of phenols is 1. The van der Waals surface area contributed by atoms with Crippen molar-refractivity contribution >= 4 is 29.6 Å². The molecule has 2 bridgehead atoms. The topological polar surface area (TPSA) is 234 Å². The molecule has 6 rings (SSSR count). The highest BCUT2D eigenvalue weighted by molar-refractivity contribution is 5.93. The summed E-state index contributed by atoms with van der Waals surface area (Å²) in [5.74, 6) is -6.41. The summed E-state index contributed by atoms with van der Waals surface area (Å²) in [4.78, 5) is 70.3. The minimum Gasteiger partial charge on any atom is -0.508 e. The smallest absolute Gasteiger partial charge is 0.325 e. The summed E-state index contributed by atoms with van der Waals surface area (Å²) in [5, 5.41) is 43.3. The van der Waals surface area contributed by atoms with Crippen molar-refractivity contribution in [2.24, 2.45) is 41.4 Å². The highest BCUT2D eigenvalue weighted by Gasteiger charge is 2.49. The van der Waals surface area contributed by atoms with Gasteiger partial charge in [0, 0.05) is 69.1 Å². The van der Waals surface area contributed by atoms with E-state index in [1.165, 1.54) is 18.2 Å². The molecule has 4 amide bonds. The second kappa shape index (κ2) is 27.8. The minimum absolute atomic E-state index is 0.00122. The average Bonchev–Trinajstić information content (AvgIpc) is 3.44. The van der Waals surface area contributed by atoms with Crippen LogP contribution in [0.25, 0.3) is 0 Å². The molecule has 78 heavy (non-hydrogen) atoms. The number of aliphatic hydroxyl groups is 2.